The lowest BCUT2D eigenvalue weighted by molar-refractivity contribution is 0.555. The van der Waals surface area contributed by atoms with Crippen LogP contribution in [-0.4, -0.2) is 22.2 Å². The summed E-state index contributed by atoms with van der Waals surface area (Å²) >= 11 is 0. The third-order valence-electron chi connectivity index (χ3n) is 2.86. The van der Waals surface area contributed by atoms with Gasteiger partial charge < -0.3 is 4.42 Å². The number of aromatic amines is 1. The van der Waals surface area contributed by atoms with Gasteiger partial charge in [0.05, 0.1) is 11.2 Å². The lowest BCUT2D eigenvalue weighted by atomic mass is 10.1. The van der Waals surface area contributed by atoms with Crippen LogP contribution in [0.3, 0.4) is 0 Å². The van der Waals surface area contributed by atoms with E-state index in [1.54, 1.807) is 37.4 Å². The van der Waals surface area contributed by atoms with Crippen molar-refractivity contribution < 1.29 is 4.42 Å². The fraction of sp³-hybridized carbons (Fsp3) is 0.0769. The molecule has 3 rings (SSSR count). The van der Waals surface area contributed by atoms with Gasteiger partial charge in [0.15, 0.2) is 17.6 Å². The summed E-state index contributed by atoms with van der Waals surface area (Å²) in [5.74, 6) is -0.0247. The van der Waals surface area contributed by atoms with Crippen molar-refractivity contribution in [3.05, 3.63) is 40.9 Å². The molecule has 0 unspecified atom stereocenters. The van der Waals surface area contributed by atoms with Crippen LogP contribution in [-0.2, 0) is 0 Å². The number of fused-ring (bicyclic) bond motifs is 1. The predicted molar refractivity (Wildman–Crippen MR) is 71.9 cm³/mol. The van der Waals surface area contributed by atoms with Crippen molar-refractivity contribution in [1.82, 2.24) is 15.2 Å². The van der Waals surface area contributed by atoms with Crippen molar-refractivity contribution in [3.8, 4) is 17.5 Å². The normalized spacial score (nSPS) is 10.4. The largest absolute Gasteiger partial charge is 0.417 e. The smallest absolute Gasteiger partial charge is 0.408 e. The van der Waals surface area contributed by atoms with Crippen molar-refractivity contribution in [1.29, 1.82) is 5.26 Å². The van der Waals surface area contributed by atoms with Crippen molar-refractivity contribution >= 4 is 16.9 Å². The zero-order valence-electron chi connectivity index (χ0n) is 10.5. The van der Waals surface area contributed by atoms with Crippen LogP contribution in [0.25, 0.3) is 22.4 Å². The molecule has 1 N–H and O–H groups in total. The topological polar surface area (TPSA) is 98.8 Å². The van der Waals surface area contributed by atoms with Gasteiger partial charge in [-0.15, -0.1) is 10.2 Å². The molecule has 3 aromatic rings. The zero-order chi connectivity index (χ0) is 14.1. The molecular weight excluding hydrogens is 258 g/mol. The Kier molecular flexibility index (Phi) is 2.69. The summed E-state index contributed by atoms with van der Waals surface area (Å²) in [6.07, 6.45) is 1.95. The van der Waals surface area contributed by atoms with Gasteiger partial charge in [0.2, 0.25) is 0 Å². The summed E-state index contributed by atoms with van der Waals surface area (Å²) < 4.78 is 4.93. The first kappa shape index (κ1) is 11.9. The summed E-state index contributed by atoms with van der Waals surface area (Å²) in [5, 5.41) is 16.8. The molecule has 0 aliphatic carbocycles. The minimum atomic E-state index is -0.491. The Morgan fingerprint density at radius 3 is 2.85 bits per heavy atom. The van der Waals surface area contributed by atoms with E-state index in [0.717, 1.165) is 5.56 Å². The number of anilines is 1. The van der Waals surface area contributed by atoms with Gasteiger partial charge in [-0.1, -0.05) is 0 Å². The molecule has 0 atom stereocenters. The maximum Gasteiger partial charge on any atom is 0.417 e. The van der Waals surface area contributed by atoms with Crippen molar-refractivity contribution in [2.75, 3.05) is 11.9 Å². The molecular formula is C13H9N5O2. The molecule has 2 aromatic heterocycles. The van der Waals surface area contributed by atoms with E-state index in [4.69, 9.17) is 9.68 Å². The van der Waals surface area contributed by atoms with Crippen LogP contribution < -0.4 is 10.7 Å². The second-order valence-electron chi connectivity index (χ2n) is 4.16. The van der Waals surface area contributed by atoms with E-state index < -0.39 is 5.76 Å². The van der Waals surface area contributed by atoms with Gasteiger partial charge >= 0.3 is 5.76 Å². The Morgan fingerprint density at radius 1 is 1.30 bits per heavy atom. The first-order valence-electron chi connectivity index (χ1n) is 5.78. The second-order valence-corrected chi connectivity index (χ2v) is 4.16. The lowest BCUT2D eigenvalue weighted by Gasteiger charge is -2.06. The third-order valence-corrected chi connectivity index (χ3v) is 2.86. The Hall–Kier alpha value is -3.14. The average molecular weight is 267 g/mol. The molecule has 98 valence electrons. The minimum Gasteiger partial charge on any atom is -0.408 e. The molecule has 2 heterocycles. The highest BCUT2D eigenvalue weighted by Gasteiger charge is 2.07. The summed E-state index contributed by atoms with van der Waals surface area (Å²) in [6, 6.07) is 8.71. The van der Waals surface area contributed by atoms with E-state index in [0.29, 0.717) is 22.6 Å². The minimum absolute atomic E-state index is 0.467. The molecule has 0 saturated carbocycles. The van der Waals surface area contributed by atoms with E-state index in [2.05, 4.69) is 15.2 Å². The molecule has 7 nitrogen and oxygen atoms in total. The van der Waals surface area contributed by atoms with Crippen molar-refractivity contribution in [2.24, 2.45) is 0 Å². The molecule has 0 radical (unpaired) electrons. The number of nitrogens with zero attached hydrogens (tertiary/aromatic N) is 4. The first-order valence-corrected chi connectivity index (χ1v) is 5.78. The van der Waals surface area contributed by atoms with Crippen LogP contribution in [0.1, 0.15) is 0 Å². The van der Waals surface area contributed by atoms with Gasteiger partial charge in [0.25, 0.3) is 0 Å². The molecule has 0 spiro atoms. The van der Waals surface area contributed by atoms with E-state index in [1.165, 1.54) is 4.90 Å². The summed E-state index contributed by atoms with van der Waals surface area (Å²) in [6.45, 7) is 0. The number of H-pyrrole nitrogens is 1. The molecule has 1 aromatic carbocycles. The Morgan fingerprint density at radius 2 is 2.15 bits per heavy atom. The van der Waals surface area contributed by atoms with Crippen LogP contribution in [0.4, 0.5) is 5.82 Å². The van der Waals surface area contributed by atoms with Gasteiger partial charge in [-0.2, -0.15) is 5.26 Å². The highest BCUT2D eigenvalue weighted by molar-refractivity contribution is 5.79. The molecule has 7 heteroatoms. The highest BCUT2D eigenvalue weighted by Crippen LogP contribution is 2.21. The predicted octanol–water partition coefficient (Wildman–Crippen LogP) is 1.50. The molecule has 20 heavy (non-hydrogen) atoms. The van der Waals surface area contributed by atoms with Gasteiger partial charge in [0.1, 0.15) is 0 Å². The van der Waals surface area contributed by atoms with Crippen molar-refractivity contribution in [3.63, 3.8) is 0 Å². The molecule has 0 aliphatic rings. The molecule has 0 fully saturated rings. The number of hydrogen-bond acceptors (Lipinski definition) is 6. The number of nitriles is 1. The Balaban J connectivity index is 2.02. The molecule has 0 amide bonds. The molecule has 0 bridgehead atoms. The zero-order valence-corrected chi connectivity index (χ0v) is 10.5. The standard InChI is InChI=1S/C13H9N5O2/c1-18(7-14)12-5-3-9(16-17-12)8-2-4-11-10(6-8)15-13(19)20-11/h2-6H,1H3,(H,15,19). The van der Waals surface area contributed by atoms with Crippen LogP contribution in [0.5, 0.6) is 0 Å². The first-order chi connectivity index (χ1) is 9.67. The summed E-state index contributed by atoms with van der Waals surface area (Å²) in [7, 11) is 1.60. The monoisotopic (exact) mass is 267 g/mol. The van der Waals surface area contributed by atoms with Gasteiger partial charge in [0, 0.05) is 12.6 Å². The third kappa shape index (κ3) is 1.99. The van der Waals surface area contributed by atoms with Gasteiger partial charge in [-0.25, -0.2) is 4.79 Å². The van der Waals surface area contributed by atoms with E-state index in [9.17, 15) is 4.79 Å². The maximum atomic E-state index is 11.1. The fourth-order valence-corrected chi connectivity index (χ4v) is 1.82. The summed E-state index contributed by atoms with van der Waals surface area (Å²) in [5.41, 5.74) is 2.54. The number of benzene rings is 1. The number of nitrogens with one attached hydrogen (secondary N) is 1. The lowest BCUT2D eigenvalue weighted by Crippen LogP contribution is -2.10. The number of aromatic nitrogens is 3. The van der Waals surface area contributed by atoms with E-state index in [1.807, 2.05) is 6.19 Å². The highest BCUT2D eigenvalue weighted by atomic mass is 16.4. The molecule has 0 aliphatic heterocycles. The van der Waals surface area contributed by atoms with Crippen molar-refractivity contribution in [2.45, 2.75) is 0 Å². The number of oxazole rings is 1. The fourth-order valence-electron chi connectivity index (χ4n) is 1.82. The van der Waals surface area contributed by atoms with Crippen LogP contribution in [0.2, 0.25) is 0 Å². The van der Waals surface area contributed by atoms with E-state index in [-0.39, 0.29) is 0 Å². The Labute approximate surface area is 113 Å². The SMILES string of the molecule is CN(C#N)c1ccc(-c2ccc3oc(=O)[nH]c3c2)nn1. The van der Waals surface area contributed by atoms with Gasteiger partial charge in [-0.3, -0.25) is 9.88 Å². The van der Waals surface area contributed by atoms with Gasteiger partial charge in [-0.05, 0) is 30.3 Å². The average Bonchev–Trinajstić information content (AvgIpc) is 2.85. The maximum absolute atomic E-state index is 11.1. The van der Waals surface area contributed by atoms with Crippen LogP contribution in [0.15, 0.2) is 39.5 Å². The van der Waals surface area contributed by atoms with Crippen LogP contribution >= 0.6 is 0 Å². The number of hydrogen-bond donors (Lipinski definition) is 1. The summed E-state index contributed by atoms with van der Waals surface area (Å²) in [4.78, 5) is 15.0. The van der Waals surface area contributed by atoms with Crippen LogP contribution in [0, 0.1) is 11.5 Å². The number of rotatable bonds is 2. The molecule has 0 saturated heterocycles. The van der Waals surface area contributed by atoms with E-state index >= 15 is 0 Å². The second kappa shape index (κ2) is 4.51. The Bertz CT molecular complexity index is 857. The quantitative estimate of drug-likeness (QED) is 0.558.